The van der Waals surface area contributed by atoms with Crippen molar-refractivity contribution in [2.24, 2.45) is 5.73 Å². The van der Waals surface area contributed by atoms with Crippen LogP contribution in [0, 0.1) is 0 Å². The molecule has 0 aliphatic rings. The second kappa shape index (κ2) is 8.05. The predicted octanol–water partition coefficient (Wildman–Crippen LogP) is 2.59. The van der Waals surface area contributed by atoms with Gasteiger partial charge in [-0.2, -0.15) is 0 Å². The number of amides is 1. The zero-order valence-corrected chi connectivity index (χ0v) is 15.0. The lowest BCUT2D eigenvalue weighted by atomic mass is 10.3. The lowest BCUT2D eigenvalue weighted by Crippen LogP contribution is -2.16. The summed E-state index contributed by atoms with van der Waals surface area (Å²) < 4.78 is 13.0. The molecule has 1 unspecified atom stereocenters. The molecule has 24 heavy (non-hydrogen) atoms. The molecule has 0 saturated carbocycles. The van der Waals surface area contributed by atoms with Crippen molar-refractivity contribution in [3.8, 4) is 11.5 Å². The summed E-state index contributed by atoms with van der Waals surface area (Å²) in [7, 11) is 1.62. The average molecular weight is 350 g/mol. The maximum atomic E-state index is 11.0. The number of carbonyl (C=O) groups excluding carboxylic acids is 1. The van der Waals surface area contributed by atoms with E-state index in [4.69, 9.17) is 15.2 Å². The largest absolute Gasteiger partial charge is 0.497 e. The Bertz CT molecular complexity index is 685. The maximum Gasteiger partial charge on any atom is 0.227 e. The van der Waals surface area contributed by atoms with Crippen molar-refractivity contribution >= 4 is 17.7 Å². The zero-order chi connectivity index (χ0) is 17.7. The molecule has 2 aromatic rings. The minimum atomic E-state index is -0.387. The first-order valence-electron chi connectivity index (χ1n) is 7.59. The van der Waals surface area contributed by atoms with Crippen molar-refractivity contribution in [3.63, 3.8) is 0 Å². The first-order valence-corrected chi connectivity index (χ1v) is 8.57. The standard InChI is InChI=1S/C16H22N4O3S/c1-10(2)20-15(18-19-16(20)24-9-14(17)21)11(3)23-13-7-5-12(22-4)6-8-13/h5-8,10-11H,9H2,1-4H3,(H2,17,21). The van der Waals surface area contributed by atoms with Gasteiger partial charge >= 0.3 is 0 Å². The number of benzene rings is 1. The van der Waals surface area contributed by atoms with E-state index in [9.17, 15) is 4.79 Å². The third-order valence-electron chi connectivity index (χ3n) is 3.29. The Morgan fingerprint density at radius 1 is 1.21 bits per heavy atom. The number of ether oxygens (including phenoxy) is 2. The summed E-state index contributed by atoms with van der Waals surface area (Å²) in [6, 6.07) is 7.49. The number of rotatable bonds is 8. The van der Waals surface area contributed by atoms with Gasteiger partial charge in [0, 0.05) is 6.04 Å². The van der Waals surface area contributed by atoms with Crippen molar-refractivity contribution in [3.05, 3.63) is 30.1 Å². The van der Waals surface area contributed by atoms with Crippen LogP contribution in [0.25, 0.3) is 0 Å². The SMILES string of the molecule is COc1ccc(OC(C)c2nnc(SCC(N)=O)n2C(C)C)cc1. The van der Waals surface area contributed by atoms with Gasteiger partial charge in [-0.15, -0.1) is 10.2 Å². The van der Waals surface area contributed by atoms with E-state index in [0.29, 0.717) is 16.7 Å². The van der Waals surface area contributed by atoms with Crippen LogP contribution < -0.4 is 15.2 Å². The summed E-state index contributed by atoms with van der Waals surface area (Å²) >= 11 is 1.28. The van der Waals surface area contributed by atoms with E-state index in [2.05, 4.69) is 10.2 Å². The summed E-state index contributed by atoms with van der Waals surface area (Å²) in [5.74, 6) is 1.96. The van der Waals surface area contributed by atoms with Gasteiger partial charge in [0.2, 0.25) is 5.91 Å². The summed E-state index contributed by atoms with van der Waals surface area (Å²) in [6.45, 7) is 5.97. The molecule has 8 heteroatoms. The molecule has 2 N–H and O–H groups in total. The quantitative estimate of drug-likeness (QED) is 0.736. The molecule has 0 aliphatic carbocycles. The topological polar surface area (TPSA) is 92.3 Å². The van der Waals surface area contributed by atoms with Gasteiger partial charge in [0.05, 0.1) is 12.9 Å². The zero-order valence-electron chi connectivity index (χ0n) is 14.2. The summed E-state index contributed by atoms with van der Waals surface area (Å²) in [4.78, 5) is 11.0. The van der Waals surface area contributed by atoms with Gasteiger partial charge in [-0.3, -0.25) is 4.79 Å². The van der Waals surface area contributed by atoms with Crippen LogP contribution in [0.5, 0.6) is 11.5 Å². The molecule has 1 amide bonds. The molecule has 130 valence electrons. The van der Waals surface area contributed by atoms with E-state index >= 15 is 0 Å². The number of hydrogen-bond acceptors (Lipinski definition) is 6. The molecule has 0 spiro atoms. The molecule has 0 fully saturated rings. The van der Waals surface area contributed by atoms with Gasteiger partial charge in [-0.25, -0.2) is 0 Å². The van der Waals surface area contributed by atoms with Crippen molar-refractivity contribution in [1.29, 1.82) is 0 Å². The van der Waals surface area contributed by atoms with E-state index in [-0.39, 0.29) is 23.8 Å². The van der Waals surface area contributed by atoms with Gasteiger partial charge in [0.15, 0.2) is 17.1 Å². The van der Waals surface area contributed by atoms with E-state index in [0.717, 1.165) is 5.75 Å². The van der Waals surface area contributed by atoms with Crippen molar-refractivity contribution in [2.45, 2.75) is 38.1 Å². The first kappa shape index (κ1) is 18.1. The Morgan fingerprint density at radius 3 is 2.38 bits per heavy atom. The van der Waals surface area contributed by atoms with Crippen molar-refractivity contribution in [2.75, 3.05) is 12.9 Å². The molecule has 1 atom stereocenters. The highest BCUT2D eigenvalue weighted by Gasteiger charge is 2.21. The predicted molar refractivity (Wildman–Crippen MR) is 92.4 cm³/mol. The van der Waals surface area contributed by atoms with Crippen LogP contribution >= 0.6 is 11.8 Å². The van der Waals surface area contributed by atoms with Gasteiger partial charge in [0.25, 0.3) is 0 Å². The fourth-order valence-corrected chi connectivity index (χ4v) is 3.01. The summed E-state index contributed by atoms with van der Waals surface area (Å²) in [5.41, 5.74) is 5.21. The van der Waals surface area contributed by atoms with E-state index in [1.54, 1.807) is 7.11 Å². The van der Waals surface area contributed by atoms with Gasteiger partial charge in [-0.1, -0.05) is 11.8 Å². The number of thioether (sulfide) groups is 1. The monoisotopic (exact) mass is 350 g/mol. The van der Waals surface area contributed by atoms with Crippen LogP contribution in [-0.4, -0.2) is 33.5 Å². The van der Waals surface area contributed by atoms with Crippen molar-refractivity contribution in [1.82, 2.24) is 14.8 Å². The highest BCUT2D eigenvalue weighted by Crippen LogP contribution is 2.28. The Morgan fingerprint density at radius 2 is 1.83 bits per heavy atom. The highest BCUT2D eigenvalue weighted by molar-refractivity contribution is 7.99. The molecular weight excluding hydrogens is 328 g/mol. The van der Waals surface area contributed by atoms with Gasteiger partial charge < -0.3 is 19.8 Å². The number of aromatic nitrogens is 3. The Kier molecular flexibility index (Phi) is 6.08. The Hall–Kier alpha value is -2.22. The Labute approximate surface area is 145 Å². The van der Waals surface area contributed by atoms with Crippen LogP contribution in [0.15, 0.2) is 29.4 Å². The molecule has 1 aromatic carbocycles. The molecule has 1 heterocycles. The van der Waals surface area contributed by atoms with Crippen molar-refractivity contribution < 1.29 is 14.3 Å². The second-order valence-electron chi connectivity index (χ2n) is 5.50. The van der Waals surface area contributed by atoms with E-state index in [1.165, 1.54) is 11.8 Å². The number of nitrogens with zero attached hydrogens (tertiary/aromatic N) is 3. The third kappa shape index (κ3) is 4.41. The Balaban J connectivity index is 2.18. The number of primary amides is 1. The minimum Gasteiger partial charge on any atom is -0.497 e. The molecule has 2 rings (SSSR count). The van der Waals surface area contributed by atoms with Crippen LogP contribution in [0.4, 0.5) is 0 Å². The van der Waals surface area contributed by atoms with Gasteiger partial charge in [-0.05, 0) is 45.0 Å². The molecule has 0 aliphatic heterocycles. The smallest absolute Gasteiger partial charge is 0.227 e. The molecule has 1 aromatic heterocycles. The van der Waals surface area contributed by atoms with Crippen LogP contribution in [0.1, 0.15) is 38.7 Å². The van der Waals surface area contributed by atoms with Gasteiger partial charge in [0.1, 0.15) is 11.5 Å². The lowest BCUT2D eigenvalue weighted by molar-refractivity contribution is -0.115. The number of carbonyl (C=O) groups is 1. The maximum absolute atomic E-state index is 11.0. The van der Waals surface area contributed by atoms with Crippen LogP contribution in [-0.2, 0) is 4.79 Å². The number of hydrogen-bond donors (Lipinski definition) is 1. The fourth-order valence-electron chi connectivity index (χ4n) is 2.20. The summed E-state index contributed by atoms with van der Waals surface area (Å²) in [5, 5.41) is 9.06. The molecule has 0 saturated heterocycles. The van der Waals surface area contributed by atoms with E-state index in [1.807, 2.05) is 49.6 Å². The normalized spacial score (nSPS) is 12.2. The third-order valence-corrected chi connectivity index (χ3v) is 4.25. The average Bonchev–Trinajstić information content (AvgIpc) is 2.98. The molecule has 0 bridgehead atoms. The highest BCUT2D eigenvalue weighted by atomic mass is 32.2. The second-order valence-corrected chi connectivity index (χ2v) is 6.44. The lowest BCUT2D eigenvalue weighted by Gasteiger charge is -2.18. The molecule has 0 radical (unpaired) electrons. The van der Waals surface area contributed by atoms with E-state index < -0.39 is 0 Å². The summed E-state index contributed by atoms with van der Waals surface area (Å²) in [6.07, 6.45) is -0.295. The molecule has 7 nitrogen and oxygen atoms in total. The fraction of sp³-hybridized carbons (Fsp3) is 0.438. The van der Waals surface area contributed by atoms with Crippen LogP contribution in [0.3, 0.4) is 0 Å². The number of nitrogens with two attached hydrogens (primary N) is 1. The van der Waals surface area contributed by atoms with Crippen LogP contribution in [0.2, 0.25) is 0 Å². The molecular formula is C16H22N4O3S. The minimum absolute atomic E-state index is 0.132. The first-order chi connectivity index (χ1) is 11.4. The number of methoxy groups -OCH3 is 1.